The number of nitrogens with one attached hydrogen (secondary N) is 1. The van der Waals surface area contributed by atoms with Gasteiger partial charge in [-0.1, -0.05) is 41.9 Å². The van der Waals surface area contributed by atoms with Crippen molar-refractivity contribution in [3.63, 3.8) is 0 Å². The van der Waals surface area contributed by atoms with Crippen molar-refractivity contribution in [2.75, 3.05) is 6.54 Å². The number of halogens is 5. The molecule has 0 saturated heterocycles. The van der Waals surface area contributed by atoms with Gasteiger partial charge >= 0.3 is 6.61 Å². The quantitative estimate of drug-likeness (QED) is 0.324. The first kappa shape index (κ1) is 27.3. The summed E-state index contributed by atoms with van der Waals surface area (Å²) in [6, 6.07) is 14.4. The number of aliphatic hydroxyl groups is 1. The van der Waals surface area contributed by atoms with Gasteiger partial charge in [-0.3, -0.25) is 0 Å². The van der Waals surface area contributed by atoms with Crippen LogP contribution in [0.15, 0.2) is 48.5 Å². The molecule has 0 bridgehead atoms. The van der Waals surface area contributed by atoms with Gasteiger partial charge in [-0.25, -0.2) is 8.78 Å². The van der Waals surface area contributed by atoms with Gasteiger partial charge < -0.3 is 19.9 Å². The zero-order valence-electron chi connectivity index (χ0n) is 20.7. The van der Waals surface area contributed by atoms with Crippen LogP contribution in [0.25, 0.3) is 11.1 Å². The molecule has 3 aromatic rings. The number of nitrogens with zero attached hydrogens (tertiary/aromatic N) is 1. The van der Waals surface area contributed by atoms with Crippen molar-refractivity contribution in [3.05, 3.63) is 81.9 Å². The van der Waals surface area contributed by atoms with Crippen LogP contribution in [0.3, 0.4) is 0 Å². The first-order valence-electron chi connectivity index (χ1n) is 12.6. The van der Waals surface area contributed by atoms with Crippen LogP contribution < -0.4 is 14.8 Å². The highest BCUT2D eigenvalue weighted by atomic mass is 35.5. The number of rotatable bonds is 7. The number of aliphatic hydroxyl groups excluding tert-OH is 1. The zero-order valence-corrected chi connectivity index (χ0v) is 21.5. The van der Waals surface area contributed by atoms with Crippen molar-refractivity contribution in [1.29, 1.82) is 5.26 Å². The number of hydrogen-bond acceptors (Lipinski definition) is 5. The Balaban J connectivity index is 1.61. The first-order valence-corrected chi connectivity index (χ1v) is 12.9. The summed E-state index contributed by atoms with van der Waals surface area (Å²) in [7, 11) is 0. The van der Waals surface area contributed by atoms with E-state index in [0.717, 1.165) is 36.6 Å². The van der Waals surface area contributed by atoms with E-state index in [9.17, 15) is 19.1 Å². The fourth-order valence-electron chi connectivity index (χ4n) is 5.47. The highest BCUT2D eigenvalue weighted by Gasteiger charge is 2.44. The Labute approximate surface area is 227 Å². The maximum Gasteiger partial charge on any atom is 0.387 e. The van der Waals surface area contributed by atoms with E-state index < -0.39 is 40.2 Å². The molecule has 5 rings (SSSR count). The van der Waals surface area contributed by atoms with Gasteiger partial charge in [0.25, 0.3) is 0 Å². The van der Waals surface area contributed by atoms with Crippen LogP contribution in [0.1, 0.15) is 42.4 Å². The van der Waals surface area contributed by atoms with E-state index >= 15 is 8.78 Å². The van der Waals surface area contributed by atoms with Crippen LogP contribution in [0.4, 0.5) is 17.6 Å². The molecule has 0 spiro atoms. The molecule has 1 unspecified atom stereocenters. The van der Waals surface area contributed by atoms with Gasteiger partial charge in [-0.2, -0.15) is 14.0 Å². The highest BCUT2D eigenvalue weighted by molar-refractivity contribution is 6.34. The number of ether oxygens (including phenoxy) is 2. The Hall–Kier alpha value is -3.32. The number of nitriles is 1. The second-order valence-corrected chi connectivity index (χ2v) is 10.2. The predicted octanol–water partition coefficient (Wildman–Crippen LogP) is 6.48. The minimum Gasteiger partial charge on any atom is -0.480 e. The molecule has 3 aromatic carbocycles. The van der Waals surface area contributed by atoms with E-state index in [1.54, 1.807) is 0 Å². The third-order valence-electron chi connectivity index (χ3n) is 7.42. The molecule has 2 N–H and O–H groups in total. The molecule has 1 atom stereocenters. The summed E-state index contributed by atoms with van der Waals surface area (Å²) in [5.41, 5.74) is -0.707. The summed E-state index contributed by atoms with van der Waals surface area (Å²) in [6.07, 6.45) is 2.72. The maximum absolute atomic E-state index is 15.6. The summed E-state index contributed by atoms with van der Waals surface area (Å²) < 4.78 is 67.4. The normalized spacial score (nSPS) is 22.3. The lowest BCUT2D eigenvalue weighted by atomic mass is 9.84. The predicted molar refractivity (Wildman–Crippen MR) is 137 cm³/mol. The fourth-order valence-corrected chi connectivity index (χ4v) is 5.74. The van der Waals surface area contributed by atoms with Crippen molar-refractivity contribution < 1.29 is 32.1 Å². The number of fused-ring (bicyclic) bond motifs is 1. The van der Waals surface area contributed by atoms with Crippen molar-refractivity contribution >= 4 is 11.6 Å². The van der Waals surface area contributed by atoms with Crippen molar-refractivity contribution in [2.45, 2.75) is 56.5 Å². The average molecular weight is 561 g/mol. The van der Waals surface area contributed by atoms with E-state index in [4.69, 9.17) is 16.3 Å². The van der Waals surface area contributed by atoms with Crippen LogP contribution in [-0.2, 0) is 12.0 Å². The van der Waals surface area contributed by atoms with E-state index in [-0.39, 0.29) is 35.4 Å². The summed E-state index contributed by atoms with van der Waals surface area (Å²) in [6.45, 7) is -3.00. The molecule has 1 aliphatic carbocycles. The summed E-state index contributed by atoms with van der Waals surface area (Å²) in [4.78, 5) is 0. The fraction of sp³-hybridized carbons (Fsp3) is 0.345. The smallest absolute Gasteiger partial charge is 0.387 e. The zero-order chi connectivity index (χ0) is 27.7. The van der Waals surface area contributed by atoms with Crippen molar-refractivity contribution in [1.82, 2.24) is 5.32 Å². The molecule has 1 saturated carbocycles. The van der Waals surface area contributed by atoms with Gasteiger partial charge in [0.1, 0.15) is 11.6 Å². The second kappa shape index (κ2) is 11.0. The molecule has 1 heterocycles. The van der Waals surface area contributed by atoms with Gasteiger partial charge in [0, 0.05) is 41.8 Å². The molecule has 2 aliphatic rings. The lowest BCUT2D eigenvalue weighted by Gasteiger charge is -2.34. The largest absolute Gasteiger partial charge is 0.480 e. The molecule has 0 aromatic heterocycles. The minimum atomic E-state index is -3.31. The Morgan fingerprint density at radius 3 is 2.49 bits per heavy atom. The van der Waals surface area contributed by atoms with Crippen LogP contribution in [0.5, 0.6) is 11.5 Å². The van der Waals surface area contributed by atoms with E-state index in [2.05, 4.69) is 10.1 Å². The highest BCUT2D eigenvalue weighted by Crippen LogP contribution is 2.50. The van der Waals surface area contributed by atoms with Crippen LogP contribution in [0, 0.1) is 23.0 Å². The average Bonchev–Trinajstić information content (AvgIpc) is 3.30. The summed E-state index contributed by atoms with van der Waals surface area (Å²) in [5, 5.41) is 22.6. The van der Waals surface area contributed by atoms with Gasteiger partial charge in [0.2, 0.25) is 0 Å². The van der Waals surface area contributed by atoms with Crippen LogP contribution >= 0.6 is 11.6 Å². The molecular formula is C29H25ClF4N2O3. The molecule has 5 nitrogen and oxygen atoms in total. The van der Waals surface area contributed by atoms with Gasteiger partial charge in [-0.05, 0) is 43.4 Å². The Kier molecular flexibility index (Phi) is 7.72. The van der Waals surface area contributed by atoms with Crippen molar-refractivity contribution in [2.24, 2.45) is 0 Å². The monoisotopic (exact) mass is 560 g/mol. The molecule has 1 fully saturated rings. The Morgan fingerprint density at radius 1 is 1.10 bits per heavy atom. The summed E-state index contributed by atoms with van der Waals surface area (Å²) >= 11 is 6.39. The van der Waals surface area contributed by atoms with Gasteiger partial charge in [-0.15, -0.1) is 0 Å². The SMILES string of the molecule is N#Cc1ccc(OC(F)F)c(F)c1-c1c(Cl)c(F)cc2c1CC(CNC1CCC(O)CC1)(c1ccccc1)O2. The van der Waals surface area contributed by atoms with E-state index in [0.29, 0.717) is 24.9 Å². The topological polar surface area (TPSA) is 74.5 Å². The Bertz CT molecular complexity index is 1410. The van der Waals surface area contributed by atoms with Gasteiger partial charge in [0.15, 0.2) is 17.2 Å². The third kappa shape index (κ3) is 5.29. The molecule has 39 heavy (non-hydrogen) atoms. The molecule has 1 aliphatic heterocycles. The molecule has 0 amide bonds. The van der Waals surface area contributed by atoms with Crippen LogP contribution in [-0.4, -0.2) is 30.4 Å². The number of benzene rings is 3. The van der Waals surface area contributed by atoms with E-state index in [1.807, 2.05) is 36.4 Å². The Morgan fingerprint density at radius 2 is 1.82 bits per heavy atom. The lowest BCUT2D eigenvalue weighted by Crippen LogP contribution is -2.46. The van der Waals surface area contributed by atoms with Crippen molar-refractivity contribution in [3.8, 4) is 28.7 Å². The third-order valence-corrected chi connectivity index (χ3v) is 7.79. The lowest BCUT2D eigenvalue weighted by molar-refractivity contribution is -0.0521. The number of alkyl halides is 2. The second-order valence-electron chi connectivity index (χ2n) is 9.84. The van der Waals surface area contributed by atoms with Gasteiger partial charge in [0.05, 0.1) is 22.8 Å². The minimum absolute atomic E-state index is 0.111. The molecular weight excluding hydrogens is 536 g/mol. The standard InChI is InChI=1S/C29H25ClF4N2O3/c30-26-21(31)12-23-20(25(26)24-16(14-35)6-11-22(27(24)32)38-28(33)34)13-29(39-23,17-4-2-1-3-5-17)15-36-18-7-9-19(37)10-8-18/h1-6,11-12,18-19,28,36-37H,7-10,13,15H2. The number of hydrogen-bond donors (Lipinski definition) is 2. The first-order chi connectivity index (χ1) is 18.7. The molecule has 10 heteroatoms. The van der Waals surface area contributed by atoms with Crippen LogP contribution in [0.2, 0.25) is 5.02 Å². The molecule has 0 radical (unpaired) electrons. The maximum atomic E-state index is 15.6. The van der Waals surface area contributed by atoms with E-state index in [1.165, 1.54) is 0 Å². The summed E-state index contributed by atoms with van der Waals surface area (Å²) in [5.74, 6) is -2.84. The molecule has 204 valence electrons.